The molecule has 1 aliphatic heterocycles. The number of carbonyl (C=O) groups excluding carboxylic acids is 2. The van der Waals surface area contributed by atoms with Crippen molar-refractivity contribution in [2.24, 2.45) is 0 Å². The van der Waals surface area contributed by atoms with Gasteiger partial charge in [0.2, 0.25) is 5.76 Å². The molecule has 1 aromatic heterocycles. The number of piperidine rings is 1. The van der Waals surface area contributed by atoms with Crippen LogP contribution in [0.2, 0.25) is 0 Å². The minimum atomic E-state index is -0.254. The molecule has 0 spiro atoms. The molecule has 186 valence electrons. The predicted molar refractivity (Wildman–Crippen MR) is 138 cm³/mol. The Morgan fingerprint density at radius 3 is 2.57 bits per heavy atom. The summed E-state index contributed by atoms with van der Waals surface area (Å²) < 4.78 is 11.4. The van der Waals surface area contributed by atoms with E-state index in [0.29, 0.717) is 36.0 Å². The van der Waals surface area contributed by atoms with Crippen LogP contribution in [0.4, 0.5) is 5.69 Å². The normalized spacial score (nSPS) is 14.6. The van der Waals surface area contributed by atoms with Gasteiger partial charge in [-0.1, -0.05) is 30.3 Å². The lowest BCUT2D eigenvalue weighted by Crippen LogP contribution is -2.46. The number of aryl methyl sites for hydroxylation is 1. The van der Waals surface area contributed by atoms with Crippen molar-refractivity contribution in [1.29, 1.82) is 0 Å². The molecule has 1 fully saturated rings. The van der Waals surface area contributed by atoms with Gasteiger partial charge in [-0.15, -0.1) is 0 Å². The number of benzene rings is 2. The van der Waals surface area contributed by atoms with Gasteiger partial charge in [-0.3, -0.25) is 9.59 Å². The average Bonchev–Trinajstić information content (AvgIpc) is 3.24. The van der Waals surface area contributed by atoms with Crippen molar-refractivity contribution in [1.82, 2.24) is 9.80 Å². The standard InChI is InChI=1S/C28H35N3O4/c1-4-34-19-9-16-30(3)21-14-17-31(18-15-21)28(33)26-25(23-12-7-8-13-24(23)35-26)29-27(32)22-11-6-5-10-20(22)2/h5-8,10-13,21H,4,9,14-19H2,1-3H3,(H,29,32). The third-order valence-corrected chi connectivity index (χ3v) is 6.80. The number of fused-ring (bicyclic) bond motifs is 1. The Bertz CT molecular complexity index is 1160. The van der Waals surface area contributed by atoms with E-state index in [1.807, 2.05) is 61.2 Å². The topological polar surface area (TPSA) is 75.0 Å². The lowest BCUT2D eigenvalue weighted by atomic mass is 10.0. The average molecular weight is 478 g/mol. The summed E-state index contributed by atoms with van der Waals surface area (Å²) in [5.41, 5.74) is 2.47. The number of hydrogen-bond acceptors (Lipinski definition) is 5. The molecule has 7 heteroatoms. The summed E-state index contributed by atoms with van der Waals surface area (Å²) in [5.74, 6) is -0.244. The first-order valence-electron chi connectivity index (χ1n) is 12.4. The highest BCUT2D eigenvalue weighted by Crippen LogP contribution is 2.33. The van der Waals surface area contributed by atoms with E-state index < -0.39 is 0 Å². The number of amides is 2. The Morgan fingerprint density at radius 2 is 1.83 bits per heavy atom. The van der Waals surface area contributed by atoms with Gasteiger partial charge in [0.1, 0.15) is 11.3 Å². The van der Waals surface area contributed by atoms with Gasteiger partial charge in [0.05, 0.1) is 0 Å². The molecule has 2 aromatic carbocycles. The summed E-state index contributed by atoms with van der Waals surface area (Å²) >= 11 is 0. The minimum absolute atomic E-state index is 0.182. The molecular formula is C28H35N3O4. The highest BCUT2D eigenvalue weighted by Gasteiger charge is 2.30. The van der Waals surface area contributed by atoms with E-state index in [4.69, 9.17) is 9.15 Å². The molecule has 4 rings (SSSR count). The second-order valence-electron chi connectivity index (χ2n) is 9.13. The fourth-order valence-corrected chi connectivity index (χ4v) is 4.72. The molecule has 0 atom stereocenters. The van der Waals surface area contributed by atoms with E-state index in [1.165, 1.54) is 0 Å². The summed E-state index contributed by atoms with van der Waals surface area (Å²) in [5, 5.41) is 3.69. The van der Waals surface area contributed by atoms with Crippen LogP contribution in [0.25, 0.3) is 11.0 Å². The summed E-state index contributed by atoms with van der Waals surface area (Å²) in [6, 6.07) is 15.3. The predicted octanol–water partition coefficient (Wildman–Crippen LogP) is 4.96. The van der Waals surface area contributed by atoms with Crippen molar-refractivity contribution >= 4 is 28.5 Å². The van der Waals surface area contributed by atoms with E-state index in [9.17, 15) is 9.59 Å². The number of ether oxygens (including phenoxy) is 1. The minimum Gasteiger partial charge on any atom is -0.449 e. The number of nitrogens with zero attached hydrogens (tertiary/aromatic N) is 2. The molecule has 0 aliphatic carbocycles. The molecule has 2 amide bonds. The smallest absolute Gasteiger partial charge is 0.291 e. The number of nitrogens with one attached hydrogen (secondary N) is 1. The summed E-state index contributed by atoms with van der Waals surface area (Å²) in [4.78, 5) is 30.8. The molecule has 3 aromatic rings. The van der Waals surface area contributed by atoms with Gasteiger partial charge < -0.3 is 24.3 Å². The fourth-order valence-electron chi connectivity index (χ4n) is 4.72. The first-order valence-corrected chi connectivity index (χ1v) is 12.4. The second kappa shape index (κ2) is 11.5. The highest BCUT2D eigenvalue weighted by atomic mass is 16.5. The molecule has 0 saturated carbocycles. The zero-order chi connectivity index (χ0) is 24.8. The van der Waals surface area contributed by atoms with E-state index >= 15 is 0 Å². The molecule has 0 bridgehead atoms. The monoisotopic (exact) mass is 477 g/mol. The van der Waals surface area contributed by atoms with Crippen LogP contribution in [0.3, 0.4) is 0 Å². The Hall–Kier alpha value is -3.16. The van der Waals surface area contributed by atoms with Gasteiger partial charge >= 0.3 is 0 Å². The Kier molecular flexibility index (Phi) is 8.21. The van der Waals surface area contributed by atoms with E-state index in [0.717, 1.165) is 50.0 Å². The largest absolute Gasteiger partial charge is 0.449 e. The third kappa shape index (κ3) is 5.74. The van der Waals surface area contributed by atoms with Crippen LogP contribution < -0.4 is 5.32 Å². The number of likely N-dealkylation sites (tertiary alicyclic amines) is 1. The number of para-hydroxylation sites is 1. The number of anilines is 1. The van der Waals surface area contributed by atoms with Crippen LogP contribution in [0.1, 0.15) is 52.7 Å². The van der Waals surface area contributed by atoms with Gasteiger partial charge in [0.25, 0.3) is 11.8 Å². The summed E-state index contributed by atoms with van der Waals surface area (Å²) in [7, 11) is 2.15. The SMILES string of the molecule is CCOCCCN(C)C1CCN(C(=O)c2oc3ccccc3c2NC(=O)c2ccccc2C)CC1. The quantitative estimate of drug-likeness (QED) is 0.441. The van der Waals surface area contributed by atoms with Gasteiger partial charge in [-0.25, -0.2) is 0 Å². The first kappa shape index (κ1) is 24.9. The van der Waals surface area contributed by atoms with E-state index in [-0.39, 0.29) is 17.6 Å². The fraction of sp³-hybridized carbons (Fsp3) is 0.429. The molecule has 1 saturated heterocycles. The maximum atomic E-state index is 13.5. The molecule has 1 N–H and O–H groups in total. The van der Waals surface area contributed by atoms with Crippen molar-refractivity contribution in [3.63, 3.8) is 0 Å². The number of furan rings is 1. The molecule has 0 unspecified atom stereocenters. The van der Waals surface area contributed by atoms with Crippen LogP contribution in [0.15, 0.2) is 52.9 Å². The van der Waals surface area contributed by atoms with Crippen LogP contribution in [-0.4, -0.2) is 67.6 Å². The maximum Gasteiger partial charge on any atom is 0.291 e. The number of rotatable bonds is 9. The maximum absolute atomic E-state index is 13.5. The Morgan fingerprint density at radius 1 is 1.11 bits per heavy atom. The zero-order valence-corrected chi connectivity index (χ0v) is 20.9. The van der Waals surface area contributed by atoms with Crippen molar-refractivity contribution in [2.75, 3.05) is 45.2 Å². The number of carbonyl (C=O) groups is 2. The van der Waals surface area contributed by atoms with Crippen molar-refractivity contribution < 1.29 is 18.7 Å². The van der Waals surface area contributed by atoms with Crippen LogP contribution in [0, 0.1) is 6.92 Å². The van der Waals surface area contributed by atoms with Gasteiger partial charge in [-0.2, -0.15) is 0 Å². The highest BCUT2D eigenvalue weighted by molar-refractivity contribution is 6.14. The first-order chi connectivity index (χ1) is 17.0. The Labute approximate surface area is 207 Å². The molecule has 35 heavy (non-hydrogen) atoms. The van der Waals surface area contributed by atoms with Crippen molar-refractivity contribution in [3.8, 4) is 0 Å². The van der Waals surface area contributed by atoms with Gasteiger partial charge in [-0.05, 0) is 63.9 Å². The molecule has 0 radical (unpaired) electrons. The molecular weight excluding hydrogens is 442 g/mol. The molecule has 7 nitrogen and oxygen atoms in total. The van der Waals surface area contributed by atoms with Crippen LogP contribution in [0.5, 0.6) is 0 Å². The van der Waals surface area contributed by atoms with Crippen LogP contribution in [-0.2, 0) is 4.74 Å². The molecule has 2 heterocycles. The van der Waals surface area contributed by atoms with E-state index in [1.54, 1.807) is 6.07 Å². The summed E-state index contributed by atoms with van der Waals surface area (Å²) in [6.07, 6.45) is 2.82. The zero-order valence-electron chi connectivity index (χ0n) is 20.9. The van der Waals surface area contributed by atoms with Gasteiger partial charge in [0, 0.05) is 49.8 Å². The lowest BCUT2D eigenvalue weighted by Gasteiger charge is -2.36. The summed E-state index contributed by atoms with van der Waals surface area (Å²) in [6.45, 7) is 7.73. The van der Waals surface area contributed by atoms with Crippen molar-refractivity contribution in [3.05, 3.63) is 65.4 Å². The number of hydrogen-bond donors (Lipinski definition) is 1. The van der Waals surface area contributed by atoms with E-state index in [2.05, 4.69) is 17.3 Å². The Balaban J connectivity index is 1.48. The van der Waals surface area contributed by atoms with Crippen LogP contribution >= 0.6 is 0 Å². The second-order valence-corrected chi connectivity index (χ2v) is 9.13. The molecule has 1 aliphatic rings. The lowest BCUT2D eigenvalue weighted by molar-refractivity contribution is 0.0606. The van der Waals surface area contributed by atoms with Crippen molar-refractivity contribution in [2.45, 2.75) is 39.2 Å². The van der Waals surface area contributed by atoms with Gasteiger partial charge in [0.15, 0.2) is 0 Å². The third-order valence-electron chi connectivity index (χ3n) is 6.80.